The third-order valence-corrected chi connectivity index (χ3v) is 7.11. The van der Waals surface area contributed by atoms with Gasteiger partial charge in [0.1, 0.15) is 11.9 Å². The maximum absolute atomic E-state index is 13.0. The molecule has 0 unspecified atom stereocenters. The van der Waals surface area contributed by atoms with Crippen molar-refractivity contribution in [1.82, 2.24) is 25.1 Å². The van der Waals surface area contributed by atoms with Crippen LogP contribution in [0.15, 0.2) is 42.6 Å². The fourth-order valence-electron chi connectivity index (χ4n) is 4.54. The van der Waals surface area contributed by atoms with E-state index in [1.54, 1.807) is 51.6 Å². The van der Waals surface area contributed by atoms with Crippen molar-refractivity contribution in [2.45, 2.75) is 44.7 Å². The number of nitriles is 1. The molecule has 0 spiro atoms. The molecule has 0 radical (unpaired) electrons. The molecule has 3 N–H and O–H groups in total. The van der Waals surface area contributed by atoms with Crippen molar-refractivity contribution < 1.29 is 14.3 Å². The summed E-state index contributed by atoms with van der Waals surface area (Å²) in [4.78, 5) is 37.9. The Hall–Kier alpha value is -4.45. The van der Waals surface area contributed by atoms with Gasteiger partial charge in [0.2, 0.25) is 17.8 Å². The molecule has 3 rings (SSSR count). The number of anilines is 3. The van der Waals surface area contributed by atoms with Crippen molar-refractivity contribution in [2.24, 2.45) is 5.92 Å². The summed E-state index contributed by atoms with van der Waals surface area (Å²) in [6, 6.07) is 8.62. The summed E-state index contributed by atoms with van der Waals surface area (Å²) < 4.78 is 5.17. The number of carbonyl (C=O) groups is 2. The quantitative estimate of drug-likeness (QED) is 0.195. The van der Waals surface area contributed by atoms with Gasteiger partial charge in [-0.15, -0.1) is 0 Å². The number of nitrogens with one attached hydrogen (secondary N) is 3. The van der Waals surface area contributed by atoms with Crippen LogP contribution in [0.3, 0.4) is 0 Å². The van der Waals surface area contributed by atoms with Crippen molar-refractivity contribution in [3.05, 3.63) is 53.7 Å². The average Bonchev–Trinajstić information content (AvgIpc) is 3.00. The van der Waals surface area contributed by atoms with Crippen molar-refractivity contribution in [3.8, 4) is 17.9 Å². The van der Waals surface area contributed by atoms with Gasteiger partial charge in [0, 0.05) is 51.0 Å². The SMILES string of the molecule is COCCNc1nc(Nc2cccc(C#N)c2)ncc1C#C[C@@H]1CCC[C@H](NC(=O)[C@H](C)N(C)C(=O)/C=C/CN(C)C)C1. The number of nitrogens with zero attached hydrogens (tertiary/aromatic N) is 5. The number of ether oxygens (including phenoxy) is 1. The first-order valence-corrected chi connectivity index (χ1v) is 14.5. The third kappa shape index (κ3) is 10.7. The number of rotatable bonds is 12. The van der Waals surface area contributed by atoms with Crippen LogP contribution in [0.2, 0.25) is 0 Å². The van der Waals surface area contributed by atoms with E-state index in [2.05, 4.69) is 43.8 Å². The van der Waals surface area contributed by atoms with Gasteiger partial charge in [0.25, 0.3) is 0 Å². The van der Waals surface area contributed by atoms with E-state index in [0.29, 0.717) is 48.3 Å². The summed E-state index contributed by atoms with van der Waals surface area (Å²) >= 11 is 0. The maximum atomic E-state index is 13.0. The summed E-state index contributed by atoms with van der Waals surface area (Å²) in [5.74, 6) is 7.31. The first-order valence-electron chi connectivity index (χ1n) is 14.5. The first-order chi connectivity index (χ1) is 20.7. The van der Waals surface area contributed by atoms with Crippen LogP contribution >= 0.6 is 0 Å². The zero-order valence-corrected chi connectivity index (χ0v) is 25.7. The molecule has 0 bridgehead atoms. The zero-order valence-electron chi connectivity index (χ0n) is 25.7. The standard InChI is InChI=1S/C32H42N8O3/c1-23(40(4)29(41)13-8-17-39(2)3)31(42)36-27-11-6-9-24(19-27)14-15-26-22-35-32(38-30(26)34-16-18-43-5)37-28-12-7-10-25(20-28)21-33/h7-8,10,12-13,20,22-24,27H,6,9,11,16-19H2,1-5H3,(H,36,42)(H2,34,35,37,38)/b13-8+/t23-,24-,27-/m0/s1. The number of hydrogen-bond donors (Lipinski definition) is 3. The molecule has 1 aromatic carbocycles. The summed E-state index contributed by atoms with van der Waals surface area (Å²) in [7, 11) is 7.13. The number of aromatic nitrogens is 2. The fourth-order valence-corrected chi connectivity index (χ4v) is 4.54. The predicted molar refractivity (Wildman–Crippen MR) is 168 cm³/mol. The maximum Gasteiger partial charge on any atom is 0.246 e. The third-order valence-electron chi connectivity index (χ3n) is 7.11. The van der Waals surface area contributed by atoms with Gasteiger partial charge in [0.15, 0.2) is 0 Å². The van der Waals surface area contributed by atoms with Crippen LogP contribution in [0.4, 0.5) is 17.5 Å². The topological polar surface area (TPSA) is 136 Å². The van der Waals surface area contributed by atoms with E-state index in [1.165, 1.54) is 11.0 Å². The summed E-state index contributed by atoms with van der Waals surface area (Å²) in [6.07, 6.45) is 8.45. The van der Waals surface area contributed by atoms with Gasteiger partial charge in [-0.1, -0.05) is 30.4 Å². The number of carbonyl (C=O) groups excluding carboxylic acids is 2. The van der Waals surface area contributed by atoms with E-state index in [9.17, 15) is 14.9 Å². The molecule has 0 saturated heterocycles. The van der Waals surface area contributed by atoms with Crippen molar-refractivity contribution in [2.75, 3.05) is 58.6 Å². The van der Waals surface area contributed by atoms with E-state index in [-0.39, 0.29) is 23.8 Å². The van der Waals surface area contributed by atoms with Gasteiger partial charge in [-0.2, -0.15) is 10.2 Å². The molecular weight excluding hydrogens is 544 g/mol. The highest BCUT2D eigenvalue weighted by Crippen LogP contribution is 2.25. The lowest BCUT2D eigenvalue weighted by Gasteiger charge is -2.30. The van der Waals surface area contributed by atoms with Crippen LogP contribution in [0.1, 0.15) is 43.7 Å². The van der Waals surface area contributed by atoms with Gasteiger partial charge in [0.05, 0.1) is 30.0 Å². The van der Waals surface area contributed by atoms with E-state index in [1.807, 2.05) is 25.1 Å². The number of methoxy groups -OCH3 is 1. The lowest BCUT2D eigenvalue weighted by Crippen LogP contribution is -2.49. The summed E-state index contributed by atoms with van der Waals surface area (Å²) in [6.45, 7) is 3.44. The molecule has 1 aliphatic carbocycles. The van der Waals surface area contributed by atoms with Gasteiger partial charge >= 0.3 is 0 Å². The first kappa shape index (κ1) is 33.1. The predicted octanol–water partition coefficient (Wildman–Crippen LogP) is 3.14. The largest absolute Gasteiger partial charge is 0.383 e. The van der Waals surface area contributed by atoms with Crippen LogP contribution in [-0.4, -0.2) is 91.6 Å². The highest BCUT2D eigenvalue weighted by atomic mass is 16.5. The average molecular weight is 587 g/mol. The molecule has 2 amide bonds. The lowest BCUT2D eigenvalue weighted by atomic mass is 9.86. The van der Waals surface area contributed by atoms with E-state index in [4.69, 9.17) is 4.74 Å². The molecule has 1 heterocycles. The Balaban J connectivity index is 1.65. The molecule has 1 saturated carbocycles. The Morgan fingerprint density at radius 1 is 1.26 bits per heavy atom. The minimum atomic E-state index is -0.588. The Morgan fingerprint density at radius 3 is 2.81 bits per heavy atom. The van der Waals surface area contributed by atoms with Crippen molar-refractivity contribution in [3.63, 3.8) is 0 Å². The zero-order chi connectivity index (χ0) is 31.2. The Bertz CT molecular complexity index is 1370. The van der Waals surface area contributed by atoms with Crippen LogP contribution in [0.25, 0.3) is 0 Å². The van der Waals surface area contributed by atoms with E-state index < -0.39 is 6.04 Å². The summed E-state index contributed by atoms with van der Waals surface area (Å²) in [5, 5.41) is 18.7. The molecule has 43 heavy (non-hydrogen) atoms. The molecule has 2 aromatic rings. The Kier molecular flexibility index (Phi) is 13.0. The van der Waals surface area contributed by atoms with Crippen LogP contribution in [0.5, 0.6) is 0 Å². The van der Waals surface area contributed by atoms with Crippen LogP contribution in [0, 0.1) is 29.1 Å². The molecule has 11 heteroatoms. The molecule has 1 fully saturated rings. The minimum absolute atomic E-state index is 0.0120. The fraction of sp³-hybridized carbons (Fsp3) is 0.469. The highest BCUT2D eigenvalue weighted by molar-refractivity contribution is 5.92. The minimum Gasteiger partial charge on any atom is -0.383 e. The van der Waals surface area contributed by atoms with Gasteiger partial charge in [-0.25, -0.2) is 4.98 Å². The number of likely N-dealkylation sites (N-methyl/N-ethyl adjacent to an activating group) is 2. The van der Waals surface area contributed by atoms with Crippen molar-refractivity contribution in [1.29, 1.82) is 5.26 Å². The van der Waals surface area contributed by atoms with Gasteiger partial charge in [-0.05, 0) is 58.5 Å². The van der Waals surface area contributed by atoms with Gasteiger partial charge in [-0.3, -0.25) is 9.59 Å². The normalized spacial score (nSPS) is 17.0. The second kappa shape index (κ2) is 16.9. The van der Waals surface area contributed by atoms with Crippen LogP contribution in [-0.2, 0) is 14.3 Å². The van der Waals surface area contributed by atoms with Gasteiger partial charge < -0.3 is 30.5 Å². The van der Waals surface area contributed by atoms with Crippen molar-refractivity contribution >= 4 is 29.3 Å². The number of amides is 2. The van der Waals surface area contributed by atoms with E-state index >= 15 is 0 Å². The molecule has 3 atom stereocenters. The van der Waals surface area contributed by atoms with E-state index in [0.717, 1.165) is 25.7 Å². The molecule has 1 aliphatic rings. The Morgan fingerprint density at radius 2 is 2.07 bits per heavy atom. The lowest BCUT2D eigenvalue weighted by molar-refractivity contribution is -0.135. The molecule has 11 nitrogen and oxygen atoms in total. The molecule has 0 aliphatic heterocycles. The number of benzene rings is 1. The Labute approximate surface area is 254 Å². The highest BCUT2D eigenvalue weighted by Gasteiger charge is 2.26. The monoisotopic (exact) mass is 586 g/mol. The van der Waals surface area contributed by atoms with Crippen LogP contribution < -0.4 is 16.0 Å². The molecule has 228 valence electrons. The smallest absolute Gasteiger partial charge is 0.246 e. The molecular formula is C32H42N8O3. The number of hydrogen-bond acceptors (Lipinski definition) is 9. The summed E-state index contributed by atoms with van der Waals surface area (Å²) in [5.41, 5.74) is 1.91. The second-order valence-electron chi connectivity index (χ2n) is 10.8. The second-order valence-corrected chi connectivity index (χ2v) is 10.8. The molecule has 1 aromatic heterocycles.